The van der Waals surface area contributed by atoms with E-state index in [1.807, 2.05) is 43.3 Å². The van der Waals surface area contributed by atoms with Crippen LogP contribution in [0.25, 0.3) is 0 Å². The monoisotopic (exact) mass is 358 g/mol. The van der Waals surface area contributed by atoms with E-state index in [1.54, 1.807) is 0 Å². The molecule has 0 unspecified atom stereocenters. The number of nitrogens with zero attached hydrogens (tertiary/aromatic N) is 1. The van der Waals surface area contributed by atoms with Crippen LogP contribution < -0.4 is 5.32 Å². The molecule has 0 radical (unpaired) electrons. The first-order chi connectivity index (χ1) is 8.15. The van der Waals surface area contributed by atoms with E-state index in [0.717, 1.165) is 32.2 Å². The first-order valence-electron chi connectivity index (χ1n) is 5.26. The molecular formula is C13H12ClIN2. The fourth-order valence-corrected chi connectivity index (χ4v) is 2.58. The van der Waals surface area contributed by atoms with Crippen LogP contribution in [0.1, 0.15) is 11.4 Å². The van der Waals surface area contributed by atoms with Crippen LogP contribution in [-0.2, 0) is 6.54 Å². The average Bonchev–Trinajstić information content (AvgIpc) is 2.28. The van der Waals surface area contributed by atoms with Crippen LogP contribution in [0.3, 0.4) is 0 Å². The van der Waals surface area contributed by atoms with Gasteiger partial charge < -0.3 is 5.32 Å². The van der Waals surface area contributed by atoms with E-state index in [0.29, 0.717) is 0 Å². The topological polar surface area (TPSA) is 24.9 Å². The first kappa shape index (κ1) is 12.6. The Kier molecular flexibility index (Phi) is 4.23. The summed E-state index contributed by atoms with van der Waals surface area (Å²) in [7, 11) is 0. The second-order valence-electron chi connectivity index (χ2n) is 3.75. The van der Waals surface area contributed by atoms with Gasteiger partial charge in [0.1, 0.15) is 0 Å². The van der Waals surface area contributed by atoms with Gasteiger partial charge in [0.25, 0.3) is 0 Å². The molecule has 0 saturated heterocycles. The van der Waals surface area contributed by atoms with Gasteiger partial charge in [0.15, 0.2) is 0 Å². The molecule has 0 aliphatic carbocycles. The maximum Gasteiger partial charge on any atom is 0.0597 e. The van der Waals surface area contributed by atoms with Gasteiger partial charge in [-0.1, -0.05) is 17.7 Å². The van der Waals surface area contributed by atoms with Crippen LogP contribution in [-0.4, -0.2) is 4.98 Å². The Hall–Kier alpha value is -0.810. The third-order valence-electron chi connectivity index (χ3n) is 2.34. The summed E-state index contributed by atoms with van der Waals surface area (Å²) in [5.41, 5.74) is 3.16. The zero-order valence-corrected chi connectivity index (χ0v) is 12.3. The van der Waals surface area contributed by atoms with Crippen molar-refractivity contribution in [2.75, 3.05) is 5.32 Å². The molecule has 0 aliphatic heterocycles. The van der Waals surface area contributed by atoms with Crippen molar-refractivity contribution in [3.8, 4) is 0 Å². The van der Waals surface area contributed by atoms with E-state index in [1.165, 1.54) is 0 Å². The fraction of sp³-hybridized carbons (Fsp3) is 0.154. The summed E-state index contributed by atoms with van der Waals surface area (Å²) < 4.78 is 1.11. The van der Waals surface area contributed by atoms with E-state index >= 15 is 0 Å². The van der Waals surface area contributed by atoms with Gasteiger partial charge in [-0.25, -0.2) is 0 Å². The highest BCUT2D eigenvalue weighted by Crippen LogP contribution is 2.22. The van der Waals surface area contributed by atoms with Gasteiger partial charge in [0.05, 0.1) is 12.2 Å². The SMILES string of the molecule is Cc1cccc(CNc2ccc(Cl)cc2I)n1. The molecule has 1 aromatic heterocycles. The van der Waals surface area contributed by atoms with Crippen LogP contribution in [0, 0.1) is 10.5 Å². The minimum absolute atomic E-state index is 0.722. The lowest BCUT2D eigenvalue weighted by Crippen LogP contribution is -2.03. The maximum absolute atomic E-state index is 5.91. The van der Waals surface area contributed by atoms with Crippen molar-refractivity contribution in [2.45, 2.75) is 13.5 Å². The molecule has 0 bridgehead atoms. The molecule has 4 heteroatoms. The Morgan fingerprint density at radius 3 is 2.82 bits per heavy atom. The zero-order chi connectivity index (χ0) is 12.3. The molecule has 0 aliphatic rings. The van der Waals surface area contributed by atoms with Crippen LogP contribution in [0.4, 0.5) is 5.69 Å². The van der Waals surface area contributed by atoms with E-state index in [4.69, 9.17) is 11.6 Å². The molecule has 1 N–H and O–H groups in total. The van der Waals surface area contributed by atoms with Crippen molar-refractivity contribution in [3.63, 3.8) is 0 Å². The standard InChI is InChI=1S/C13H12ClIN2/c1-9-3-2-4-11(17-9)8-16-13-6-5-10(14)7-12(13)15/h2-7,16H,8H2,1H3. The summed E-state index contributed by atoms with van der Waals surface area (Å²) >= 11 is 8.18. The Labute approximate surface area is 120 Å². The second-order valence-corrected chi connectivity index (χ2v) is 5.35. The lowest BCUT2D eigenvalue weighted by molar-refractivity contribution is 1.01. The Balaban J connectivity index is 2.07. The highest BCUT2D eigenvalue weighted by molar-refractivity contribution is 14.1. The van der Waals surface area contributed by atoms with Gasteiger partial charge in [-0.2, -0.15) is 0 Å². The number of aryl methyl sites for hydroxylation is 1. The summed E-state index contributed by atoms with van der Waals surface area (Å²) in [5.74, 6) is 0. The Morgan fingerprint density at radius 1 is 1.29 bits per heavy atom. The number of benzene rings is 1. The predicted octanol–water partition coefficient (Wildman–Crippen LogP) is 4.26. The minimum Gasteiger partial charge on any atom is -0.379 e. The molecule has 0 saturated carbocycles. The second kappa shape index (κ2) is 5.69. The van der Waals surface area contributed by atoms with E-state index in [9.17, 15) is 0 Å². The summed E-state index contributed by atoms with van der Waals surface area (Å²) in [5, 5.41) is 4.11. The number of pyridine rings is 1. The molecular weight excluding hydrogens is 347 g/mol. The van der Waals surface area contributed by atoms with Crippen LogP contribution in [0.5, 0.6) is 0 Å². The summed E-state index contributed by atoms with van der Waals surface area (Å²) in [6.45, 7) is 2.72. The number of anilines is 1. The Bertz CT molecular complexity index is 529. The number of hydrogen-bond acceptors (Lipinski definition) is 2. The smallest absolute Gasteiger partial charge is 0.0597 e. The van der Waals surface area contributed by atoms with Crippen molar-refractivity contribution >= 4 is 39.9 Å². The van der Waals surface area contributed by atoms with E-state index in [2.05, 4.69) is 32.9 Å². The molecule has 2 rings (SSSR count). The number of nitrogens with one attached hydrogen (secondary N) is 1. The van der Waals surface area contributed by atoms with Gasteiger partial charge in [-0.15, -0.1) is 0 Å². The largest absolute Gasteiger partial charge is 0.379 e. The average molecular weight is 359 g/mol. The van der Waals surface area contributed by atoms with Gasteiger partial charge in [0.2, 0.25) is 0 Å². The third kappa shape index (κ3) is 3.57. The predicted molar refractivity (Wildman–Crippen MR) is 80.5 cm³/mol. The molecule has 17 heavy (non-hydrogen) atoms. The summed E-state index contributed by atoms with van der Waals surface area (Å²) in [6, 6.07) is 11.8. The zero-order valence-electron chi connectivity index (χ0n) is 9.37. The molecule has 0 amide bonds. The number of aromatic nitrogens is 1. The molecule has 2 nitrogen and oxygen atoms in total. The van der Waals surface area contributed by atoms with E-state index in [-0.39, 0.29) is 0 Å². The molecule has 1 heterocycles. The van der Waals surface area contributed by atoms with Crippen molar-refractivity contribution in [2.24, 2.45) is 0 Å². The van der Waals surface area contributed by atoms with Crippen LogP contribution in [0.2, 0.25) is 5.02 Å². The molecule has 1 aromatic carbocycles. The van der Waals surface area contributed by atoms with Crippen molar-refractivity contribution in [1.29, 1.82) is 0 Å². The Morgan fingerprint density at radius 2 is 2.12 bits per heavy atom. The van der Waals surface area contributed by atoms with Crippen molar-refractivity contribution in [1.82, 2.24) is 4.98 Å². The van der Waals surface area contributed by atoms with Gasteiger partial charge in [-0.05, 0) is 59.8 Å². The molecule has 0 atom stereocenters. The van der Waals surface area contributed by atoms with Crippen LogP contribution >= 0.6 is 34.2 Å². The van der Waals surface area contributed by atoms with Crippen molar-refractivity contribution < 1.29 is 0 Å². The molecule has 88 valence electrons. The van der Waals surface area contributed by atoms with Gasteiger partial charge in [0, 0.05) is 20.0 Å². The molecule has 0 spiro atoms. The normalized spacial score (nSPS) is 10.3. The number of rotatable bonds is 3. The van der Waals surface area contributed by atoms with Gasteiger partial charge in [-0.3, -0.25) is 4.98 Å². The summed E-state index contributed by atoms with van der Waals surface area (Å²) in [6.07, 6.45) is 0. The minimum atomic E-state index is 0.722. The lowest BCUT2D eigenvalue weighted by atomic mass is 10.3. The van der Waals surface area contributed by atoms with E-state index < -0.39 is 0 Å². The first-order valence-corrected chi connectivity index (χ1v) is 6.72. The van der Waals surface area contributed by atoms with Crippen molar-refractivity contribution in [3.05, 3.63) is 56.4 Å². The highest BCUT2D eigenvalue weighted by Gasteiger charge is 2.01. The maximum atomic E-state index is 5.91. The molecule has 0 fully saturated rings. The number of halogens is 2. The summed E-state index contributed by atoms with van der Waals surface area (Å²) in [4.78, 5) is 4.44. The lowest BCUT2D eigenvalue weighted by Gasteiger charge is -2.08. The van der Waals surface area contributed by atoms with Gasteiger partial charge >= 0.3 is 0 Å². The molecule has 2 aromatic rings. The fourth-order valence-electron chi connectivity index (χ4n) is 1.52. The number of hydrogen-bond donors (Lipinski definition) is 1. The highest BCUT2D eigenvalue weighted by atomic mass is 127. The third-order valence-corrected chi connectivity index (χ3v) is 3.46. The van der Waals surface area contributed by atoms with Crippen LogP contribution in [0.15, 0.2) is 36.4 Å². The quantitative estimate of drug-likeness (QED) is 0.829.